The van der Waals surface area contributed by atoms with Gasteiger partial charge in [-0.05, 0) is 47.2 Å². The van der Waals surface area contributed by atoms with Crippen molar-refractivity contribution in [2.45, 2.75) is 16.6 Å². The molecule has 3 aromatic carbocycles. The van der Waals surface area contributed by atoms with E-state index in [1.54, 1.807) is 0 Å². The lowest BCUT2D eigenvalue weighted by molar-refractivity contribution is -0.121. The third-order valence-corrected chi connectivity index (χ3v) is 9.37. The smallest absolute Gasteiger partial charge is 0.247 e. The molecule has 2 aliphatic heterocycles. The van der Waals surface area contributed by atoms with E-state index in [0.717, 1.165) is 27.4 Å². The van der Waals surface area contributed by atoms with Gasteiger partial charge in [0.25, 0.3) is 0 Å². The molecule has 0 aliphatic carbocycles. The molecular weight excluding hydrogens is 514 g/mol. The highest BCUT2D eigenvalue weighted by Crippen LogP contribution is 2.31. The van der Waals surface area contributed by atoms with Crippen LogP contribution in [0, 0.1) is 0 Å². The first-order chi connectivity index (χ1) is 17.8. The molecule has 1 atom stereocenters. The van der Waals surface area contributed by atoms with Crippen LogP contribution in [0.25, 0.3) is 10.8 Å². The van der Waals surface area contributed by atoms with Gasteiger partial charge in [-0.25, -0.2) is 13.3 Å². The Balaban J connectivity index is 1.20. The number of amides is 3. The minimum atomic E-state index is -3.68. The largest absolute Gasteiger partial charge is 0.379 e. The Morgan fingerprint density at radius 3 is 2.41 bits per heavy atom. The van der Waals surface area contributed by atoms with Crippen LogP contribution in [0.4, 0.5) is 11.4 Å². The number of carbonyl (C=O) groups excluding carboxylic acids is 3. The zero-order chi connectivity index (χ0) is 26.0. The normalized spacial score (nSPS) is 18.9. The third kappa shape index (κ3) is 5.40. The van der Waals surface area contributed by atoms with Crippen molar-refractivity contribution in [3.8, 4) is 0 Å². The van der Waals surface area contributed by atoms with Crippen LogP contribution < -0.4 is 10.2 Å². The third-order valence-electron chi connectivity index (χ3n) is 6.26. The Kier molecular flexibility index (Phi) is 7.29. The van der Waals surface area contributed by atoms with Gasteiger partial charge in [0.15, 0.2) is 0 Å². The second kappa shape index (κ2) is 10.6. The van der Waals surface area contributed by atoms with E-state index in [1.165, 1.54) is 28.6 Å². The molecule has 0 radical (unpaired) electrons. The zero-order valence-electron chi connectivity index (χ0n) is 19.8. The maximum atomic E-state index is 13.0. The van der Waals surface area contributed by atoms with Gasteiger partial charge < -0.3 is 10.1 Å². The minimum absolute atomic E-state index is 0.0150. The monoisotopic (exact) mass is 539 g/mol. The summed E-state index contributed by atoms with van der Waals surface area (Å²) in [5, 5.41) is 4.22. The van der Waals surface area contributed by atoms with Crippen LogP contribution in [0.15, 0.2) is 71.6 Å². The molecule has 2 aliphatic rings. The molecular formula is C26H25N3O6S2. The van der Waals surface area contributed by atoms with Crippen molar-refractivity contribution in [3.05, 3.63) is 66.7 Å². The van der Waals surface area contributed by atoms with E-state index in [1.807, 2.05) is 42.5 Å². The Labute approximate surface area is 218 Å². The standard InChI is InChI=1S/C26H25N3O6S2/c30-24(27-20-6-5-18-3-1-2-4-19(18)15-20)17-36-23-16-25(31)29(26(23)32)21-7-9-22(10-8-21)37(33,34)28-11-13-35-14-12-28/h1-10,15,23H,11-14,16-17H2,(H,27,30). The van der Waals surface area contributed by atoms with Crippen molar-refractivity contribution in [2.75, 3.05) is 42.3 Å². The fourth-order valence-electron chi connectivity index (χ4n) is 4.35. The van der Waals surface area contributed by atoms with Gasteiger partial charge in [-0.15, -0.1) is 11.8 Å². The molecule has 0 aromatic heterocycles. The van der Waals surface area contributed by atoms with Crippen LogP contribution in [0.3, 0.4) is 0 Å². The van der Waals surface area contributed by atoms with Crippen LogP contribution in [-0.2, 0) is 29.1 Å². The van der Waals surface area contributed by atoms with Crippen LogP contribution in [0.5, 0.6) is 0 Å². The Bertz CT molecular complexity index is 1450. The lowest BCUT2D eigenvalue weighted by Gasteiger charge is -2.26. The SMILES string of the molecule is O=C(CSC1CC(=O)N(c2ccc(S(=O)(=O)N3CCOCC3)cc2)C1=O)Nc1ccc2ccccc2c1. The molecule has 2 saturated heterocycles. The van der Waals surface area contributed by atoms with E-state index in [4.69, 9.17) is 4.74 Å². The topological polar surface area (TPSA) is 113 Å². The van der Waals surface area contributed by atoms with Gasteiger partial charge in [0.2, 0.25) is 27.7 Å². The number of imide groups is 1. The second-order valence-electron chi connectivity index (χ2n) is 8.69. The van der Waals surface area contributed by atoms with Gasteiger partial charge in [0, 0.05) is 25.2 Å². The maximum absolute atomic E-state index is 13.0. The lowest BCUT2D eigenvalue weighted by Crippen LogP contribution is -2.40. The summed E-state index contributed by atoms with van der Waals surface area (Å²) >= 11 is 1.11. The number of ether oxygens (including phenoxy) is 1. The number of benzene rings is 3. The van der Waals surface area contributed by atoms with Crippen molar-refractivity contribution >= 4 is 61.7 Å². The number of fused-ring (bicyclic) bond motifs is 1. The molecule has 192 valence electrons. The Hall–Kier alpha value is -3.25. The quantitative estimate of drug-likeness (QED) is 0.460. The van der Waals surface area contributed by atoms with Gasteiger partial charge in [-0.3, -0.25) is 14.4 Å². The lowest BCUT2D eigenvalue weighted by atomic mass is 10.1. The highest BCUT2D eigenvalue weighted by Gasteiger charge is 2.40. The number of sulfonamides is 1. The summed E-state index contributed by atoms with van der Waals surface area (Å²) < 4.78 is 32.2. The highest BCUT2D eigenvalue weighted by molar-refractivity contribution is 8.01. The van der Waals surface area contributed by atoms with Crippen molar-refractivity contribution in [3.63, 3.8) is 0 Å². The first-order valence-corrected chi connectivity index (χ1v) is 14.3. The number of morpholine rings is 1. The van der Waals surface area contributed by atoms with E-state index < -0.39 is 21.2 Å². The number of rotatable bonds is 7. The van der Waals surface area contributed by atoms with Gasteiger partial charge in [0.1, 0.15) is 0 Å². The highest BCUT2D eigenvalue weighted by atomic mass is 32.2. The molecule has 0 spiro atoms. The van der Waals surface area contributed by atoms with E-state index in [9.17, 15) is 22.8 Å². The van der Waals surface area contributed by atoms with Crippen molar-refractivity contribution in [1.29, 1.82) is 0 Å². The van der Waals surface area contributed by atoms with Gasteiger partial charge in [-0.1, -0.05) is 30.3 Å². The zero-order valence-corrected chi connectivity index (χ0v) is 21.5. The van der Waals surface area contributed by atoms with Crippen molar-refractivity contribution in [2.24, 2.45) is 0 Å². The Morgan fingerprint density at radius 2 is 1.68 bits per heavy atom. The molecule has 3 amide bonds. The average molecular weight is 540 g/mol. The van der Waals surface area contributed by atoms with E-state index >= 15 is 0 Å². The van der Waals surface area contributed by atoms with Gasteiger partial charge >= 0.3 is 0 Å². The first kappa shape index (κ1) is 25.4. The number of nitrogens with zero attached hydrogens (tertiary/aromatic N) is 2. The average Bonchev–Trinajstić information content (AvgIpc) is 3.20. The number of carbonyl (C=O) groups is 3. The second-order valence-corrected chi connectivity index (χ2v) is 11.8. The van der Waals surface area contributed by atoms with Crippen LogP contribution in [0.1, 0.15) is 6.42 Å². The molecule has 5 rings (SSSR count). The number of nitrogens with one attached hydrogen (secondary N) is 1. The predicted octanol–water partition coefficient (Wildman–Crippen LogP) is 2.86. The van der Waals surface area contributed by atoms with Crippen LogP contribution in [0.2, 0.25) is 0 Å². The summed E-state index contributed by atoms with van der Waals surface area (Å²) in [4.78, 5) is 39.3. The maximum Gasteiger partial charge on any atom is 0.247 e. The molecule has 37 heavy (non-hydrogen) atoms. The summed E-state index contributed by atoms with van der Waals surface area (Å²) in [5.74, 6) is -1.06. The minimum Gasteiger partial charge on any atom is -0.379 e. The Morgan fingerprint density at radius 1 is 0.973 bits per heavy atom. The fourth-order valence-corrected chi connectivity index (χ4v) is 6.69. The molecule has 9 nitrogen and oxygen atoms in total. The summed E-state index contributed by atoms with van der Waals surface area (Å²) in [6.45, 7) is 1.24. The molecule has 0 bridgehead atoms. The van der Waals surface area contributed by atoms with Crippen LogP contribution >= 0.6 is 11.8 Å². The van der Waals surface area contributed by atoms with Crippen molar-refractivity contribution < 1.29 is 27.5 Å². The molecule has 1 unspecified atom stereocenters. The summed E-state index contributed by atoms with van der Waals surface area (Å²) in [5.41, 5.74) is 0.964. The molecule has 3 aromatic rings. The number of thioether (sulfide) groups is 1. The summed E-state index contributed by atoms with van der Waals surface area (Å²) in [7, 11) is -3.68. The van der Waals surface area contributed by atoms with E-state index in [-0.39, 0.29) is 42.0 Å². The molecule has 0 saturated carbocycles. The van der Waals surface area contributed by atoms with E-state index in [2.05, 4.69) is 5.32 Å². The predicted molar refractivity (Wildman–Crippen MR) is 142 cm³/mol. The molecule has 2 heterocycles. The number of hydrogen-bond acceptors (Lipinski definition) is 7. The number of hydrogen-bond donors (Lipinski definition) is 1. The molecule has 1 N–H and O–H groups in total. The number of anilines is 2. The molecule has 2 fully saturated rings. The van der Waals surface area contributed by atoms with E-state index in [0.29, 0.717) is 24.6 Å². The summed E-state index contributed by atoms with van der Waals surface area (Å²) in [6, 6.07) is 19.2. The van der Waals surface area contributed by atoms with Crippen LogP contribution in [-0.4, -0.2) is 67.8 Å². The van der Waals surface area contributed by atoms with Crippen molar-refractivity contribution in [1.82, 2.24) is 4.31 Å². The van der Waals surface area contributed by atoms with Gasteiger partial charge in [0.05, 0.1) is 34.8 Å². The first-order valence-electron chi connectivity index (χ1n) is 11.8. The molecule has 11 heteroatoms. The fraction of sp³-hybridized carbons (Fsp3) is 0.269. The summed E-state index contributed by atoms with van der Waals surface area (Å²) in [6.07, 6.45) is -0.0272. The van der Waals surface area contributed by atoms with Gasteiger partial charge in [-0.2, -0.15) is 4.31 Å².